The van der Waals surface area contributed by atoms with Crippen molar-refractivity contribution in [1.29, 1.82) is 0 Å². The molecule has 0 spiro atoms. The summed E-state index contributed by atoms with van der Waals surface area (Å²) in [4.78, 5) is 14.3. The first-order valence-corrected chi connectivity index (χ1v) is 7.82. The number of carbonyl (C=O) groups is 1. The zero-order valence-corrected chi connectivity index (χ0v) is 13.4. The average Bonchev–Trinajstić information content (AvgIpc) is 2.55. The van der Waals surface area contributed by atoms with Crippen LogP contribution in [0.5, 0.6) is 5.75 Å². The molecule has 1 saturated heterocycles. The summed E-state index contributed by atoms with van der Waals surface area (Å²) < 4.78 is 16.0. The predicted octanol–water partition coefficient (Wildman–Crippen LogP) is 1.89. The zero-order valence-electron chi connectivity index (χ0n) is 13.4. The van der Waals surface area contributed by atoms with Crippen molar-refractivity contribution in [2.45, 2.75) is 25.8 Å². The molecule has 0 aliphatic carbocycles. The molecule has 0 aromatic heterocycles. The fraction of sp³-hybridized carbons (Fsp3) is 0.588. The minimum absolute atomic E-state index is 0.0339. The molecule has 0 bridgehead atoms. The predicted molar refractivity (Wildman–Crippen MR) is 84.1 cm³/mol. The molecule has 0 saturated carbocycles. The Balaban J connectivity index is 1.85. The van der Waals surface area contributed by atoms with Crippen molar-refractivity contribution in [2.75, 3.05) is 40.1 Å². The lowest BCUT2D eigenvalue weighted by molar-refractivity contribution is -0.142. The van der Waals surface area contributed by atoms with Crippen LogP contribution in [0.1, 0.15) is 18.9 Å². The molecule has 1 aromatic carbocycles. The van der Waals surface area contributed by atoms with Crippen LogP contribution < -0.4 is 4.74 Å². The van der Waals surface area contributed by atoms with Crippen molar-refractivity contribution in [3.05, 3.63) is 29.8 Å². The maximum absolute atomic E-state index is 12.4. The highest BCUT2D eigenvalue weighted by atomic mass is 16.5. The lowest BCUT2D eigenvalue weighted by Gasteiger charge is -2.35. The molecule has 1 aliphatic heterocycles. The molecule has 1 heterocycles. The van der Waals surface area contributed by atoms with Gasteiger partial charge in [-0.2, -0.15) is 0 Å². The van der Waals surface area contributed by atoms with E-state index >= 15 is 0 Å². The molecule has 5 heteroatoms. The third-order valence-corrected chi connectivity index (χ3v) is 3.77. The second-order valence-electron chi connectivity index (χ2n) is 5.35. The maximum Gasteiger partial charge on any atom is 0.223 e. The summed E-state index contributed by atoms with van der Waals surface area (Å²) in [5.74, 6) is 1.03. The topological polar surface area (TPSA) is 48.0 Å². The van der Waals surface area contributed by atoms with Crippen molar-refractivity contribution in [3.63, 3.8) is 0 Å². The van der Waals surface area contributed by atoms with E-state index < -0.39 is 0 Å². The molecule has 1 amide bonds. The normalized spacial score (nSPS) is 18.3. The summed E-state index contributed by atoms with van der Waals surface area (Å²) in [6.45, 7) is 4.96. The molecule has 0 N–H and O–H groups in total. The molecule has 1 atom stereocenters. The first kappa shape index (κ1) is 16.8. The summed E-state index contributed by atoms with van der Waals surface area (Å²) in [5, 5.41) is 0. The van der Waals surface area contributed by atoms with Crippen molar-refractivity contribution >= 4 is 5.91 Å². The largest absolute Gasteiger partial charge is 0.494 e. The Morgan fingerprint density at radius 3 is 2.82 bits per heavy atom. The van der Waals surface area contributed by atoms with Crippen LogP contribution in [-0.2, 0) is 20.7 Å². The molecular formula is C17H25NO4. The van der Waals surface area contributed by atoms with Gasteiger partial charge in [-0.3, -0.25) is 4.79 Å². The third kappa shape index (κ3) is 4.71. The van der Waals surface area contributed by atoms with Crippen LogP contribution in [0.25, 0.3) is 0 Å². The zero-order chi connectivity index (χ0) is 15.8. The molecule has 2 rings (SSSR count). The van der Waals surface area contributed by atoms with E-state index in [9.17, 15) is 4.79 Å². The minimum Gasteiger partial charge on any atom is -0.494 e. The second kappa shape index (κ2) is 8.76. The van der Waals surface area contributed by atoms with E-state index in [1.807, 2.05) is 36.1 Å². The van der Waals surface area contributed by atoms with Gasteiger partial charge in [0.15, 0.2) is 0 Å². The van der Waals surface area contributed by atoms with E-state index in [0.717, 1.165) is 17.7 Å². The van der Waals surface area contributed by atoms with Gasteiger partial charge >= 0.3 is 0 Å². The van der Waals surface area contributed by atoms with Crippen LogP contribution in [0.15, 0.2) is 24.3 Å². The van der Waals surface area contributed by atoms with E-state index in [0.29, 0.717) is 39.4 Å². The van der Waals surface area contributed by atoms with Gasteiger partial charge in [-0.15, -0.1) is 0 Å². The van der Waals surface area contributed by atoms with Crippen molar-refractivity contribution < 1.29 is 19.0 Å². The van der Waals surface area contributed by atoms with Gasteiger partial charge in [-0.25, -0.2) is 0 Å². The Morgan fingerprint density at radius 2 is 2.14 bits per heavy atom. The minimum atomic E-state index is 0.0339. The Hall–Kier alpha value is -1.59. The standard InChI is InChI=1S/C17H25NO4/c1-3-22-16-7-4-14(5-8-16)6-9-17(19)18-10-11-21-13-15(18)12-20-2/h4-5,7-8,15H,3,6,9-13H2,1-2H3. The number of ether oxygens (including phenoxy) is 3. The van der Waals surface area contributed by atoms with Gasteiger partial charge in [0.2, 0.25) is 5.91 Å². The molecule has 1 aromatic rings. The van der Waals surface area contributed by atoms with Crippen LogP contribution in [0.2, 0.25) is 0 Å². The van der Waals surface area contributed by atoms with Gasteiger partial charge in [0.1, 0.15) is 5.75 Å². The van der Waals surface area contributed by atoms with Crippen LogP contribution >= 0.6 is 0 Å². The Morgan fingerprint density at radius 1 is 1.36 bits per heavy atom. The molecule has 1 aliphatic rings. The number of carbonyl (C=O) groups excluding carboxylic acids is 1. The van der Waals surface area contributed by atoms with Gasteiger partial charge in [-0.05, 0) is 31.0 Å². The first-order valence-electron chi connectivity index (χ1n) is 7.82. The lowest BCUT2D eigenvalue weighted by atomic mass is 10.1. The van der Waals surface area contributed by atoms with Crippen molar-refractivity contribution in [3.8, 4) is 5.75 Å². The number of morpholine rings is 1. The summed E-state index contributed by atoms with van der Waals surface area (Å²) >= 11 is 0. The quantitative estimate of drug-likeness (QED) is 0.772. The lowest BCUT2D eigenvalue weighted by Crippen LogP contribution is -2.50. The second-order valence-corrected chi connectivity index (χ2v) is 5.35. The fourth-order valence-electron chi connectivity index (χ4n) is 2.63. The summed E-state index contributed by atoms with van der Waals surface area (Å²) in [7, 11) is 1.65. The maximum atomic E-state index is 12.4. The average molecular weight is 307 g/mol. The summed E-state index contributed by atoms with van der Waals surface area (Å²) in [6, 6.07) is 7.97. The number of nitrogens with zero attached hydrogens (tertiary/aromatic N) is 1. The number of amides is 1. The monoisotopic (exact) mass is 307 g/mol. The molecular weight excluding hydrogens is 282 g/mol. The number of hydrogen-bond donors (Lipinski definition) is 0. The van der Waals surface area contributed by atoms with Crippen LogP contribution in [0.4, 0.5) is 0 Å². The molecule has 1 fully saturated rings. The van der Waals surface area contributed by atoms with Crippen LogP contribution in [0.3, 0.4) is 0 Å². The van der Waals surface area contributed by atoms with Crippen LogP contribution in [-0.4, -0.2) is 56.9 Å². The number of hydrogen-bond acceptors (Lipinski definition) is 4. The number of methoxy groups -OCH3 is 1. The van der Waals surface area contributed by atoms with E-state index in [4.69, 9.17) is 14.2 Å². The fourth-order valence-corrected chi connectivity index (χ4v) is 2.63. The van der Waals surface area contributed by atoms with Crippen molar-refractivity contribution in [2.24, 2.45) is 0 Å². The third-order valence-electron chi connectivity index (χ3n) is 3.77. The van der Waals surface area contributed by atoms with Crippen LogP contribution in [0, 0.1) is 0 Å². The van der Waals surface area contributed by atoms with Gasteiger partial charge < -0.3 is 19.1 Å². The smallest absolute Gasteiger partial charge is 0.223 e. The molecule has 0 radical (unpaired) electrons. The van der Waals surface area contributed by atoms with Gasteiger partial charge in [0.05, 0.1) is 32.5 Å². The summed E-state index contributed by atoms with van der Waals surface area (Å²) in [6.07, 6.45) is 1.25. The van der Waals surface area contributed by atoms with Crippen molar-refractivity contribution in [1.82, 2.24) is 4.90 Å². The van der Waals surface area contributed by atoms with Gasteiger partial charge in [0, 0.05) is 20.1 Å². The number of benzene rings is 1. The highest BCUT2D eigenvalue weighted by Gasteiger charge is 2.26. The number of aryl methyl sites for hydroxylation is 1. The van der Waals surface area contributed by atoms with E-state index in [2.05, 4.69) is 0 Å². The molecule has 5 nitrogen and oxygen atoms in total. The Kier molecular flexibility index (Phi) is 6.68. The van der Waals surface area contributed by atoms with Gasteiger partial charge in [-0.1, -0.05) is 12.1 Å². The van der Waals surface area contributed by atoms with E-state index in [1.54, 1.807) is 7.11 Å². The van der Waals surface area contributed by atoms with Gasteiger partial charge in [0.25, 0.3) is 0 Å². The van der Waals surface area contributed by atoms with E-state index in [-0.39, 0.29) is 11.9 Å². The Bertz CT molecular complexity index is 458. The highest BCUT2D eigenvalue weighted by molar-refractivity contribution is 5.77. The SMILES string of the molecule is CCOc1ccc(CCC(=O)N2CCOCC2COC)cc1. The number of rotatable bonds is 7. The Labute approximate surface area is 132 Å². The molecule has 22 heavy (non-hydrogen) atoms. The van der Waals surface area contributed by atoms with E-state index in [1.165, 1.54) is 0 Å². The highest BCUT2D eigenvalue weighted by Crippen LogP contribution is 2.15. The molecule has 1 unspecified atom stereocenters. The first-order chi connectivity index (χ1) is 10.7. The summed E-state index contributed by atoms with van der Waals surface area (Å²) in [5.41, 5.74) is 1.15. The molecule has 122 valence electrons.